The van der Waals surface area contributed by atoms with Gasteiger partial charge in [-0.2, -0.15) is 0 Å². The van der Waals surface area contributed by atoms with Crippen molar-refractivity contribution in [1.29, 1.82) is 0 Å². The molecule has 5 heteroatoms. The molecule has 0 aliphatic heterocycles. The van der Waals surface area contributed by atoms with Gasteiger partial charge < -0.3 is 10.3 Å². The minimum Gasteiger partial charge on any atom is -0.369 e. The molecule has 70 valence electrons. The van der Waals surface area contributed by atoms with E-state index < -0.39 is 0 Å². The maximum atomic E-state index is 11.1. The number of hydrogen-bond acceptors (Lipinski definition) is 3. The molecular weight excluding hydrogens is 234 g/mol. The number of rotatable bonds is 4. The van der Waals surface area contributed by atoms with Gasteiger partial charge in [-0.25, -0.2) is 4.98 Å². The first-order valence-corrected chi connectivity index (χ1v) is 4.63. The Hall–Kier alpha value is -1.10. The molecule has 13 heavy (non-hydrogen) atoms. The fourth-order valence-electron chi connectivity index (χ4n) is 0.799. The Morgan fingerprint density at radius 2 is 2.54 bits per heavy atom. The molecule has 1 aromatic rings. The number of nitrogens with zero attached hydrogens (tertiary/aromatic N) is 1. The van der Waals surface area contributed by atoms with Crippen LogP contribution >= 0.6 is 15.9 Å². The number of anilines is 1. The molecular formula is C8H10BrN3O. The molecule has 0 fully saturated rings. The predicted molar refractivity (Wildman–Crippen MR) is 55.9 cm³/mol. The van der Waals surface area contributed by atoms with Gasteiger partial charge in [0.15, 0.2) is 0 Å². The summed E-state index contributed by atoms with van der Waals surface area (Å²) in [7, 11) is 0. The second-order valence-corrected chi connectivity index (χ2v) is 3.19. The third kappa shape index (κ3) is 2.69. The smallest absolute Gasteiger partial charge is 0.267 e. The summed E-state index contributed by atoms with van der Waals surface area (Å²) < 4.78 is 0.430. The summed E-state index contributed by atoms with van der Waals surface area (Å²) >= 11 is 3.14. The van der Waals surface area contributed by atoms with E-state index in [2.05, 4.69) is 37.8 Å². The molecule has 0 radical (unpaired) electrons. The summed E-state index contributed by atoms with van der Waals surface area (Å²) in [4.78, 5) is 17.5. The molecule has 0 amide bonds. The zero-order valence-corrected chi connectivity index (χ0v) is 8.60. The minimum absolute atomic E-state index is 0.184. The van der Waals surface area contributed by atoms with Gasteiger partial charge in [0, 0.05) is 6.54 Å². The standard InChI is InChI=1S/C8H10BrN3O/c1-2-3-4-10-7-6(9)8(13)12-5-11-7/h2,5H,1,3-4H2,(H2,10,11,12,13). The van der Waals surface area contributed by atoms with Gasteiger partial charge >= 0.3 is 0 Å². The van der Waals surface area contributed by atoms with E-state index in [1.54, 1.807) is 6.08 Å². The molecule has 0 atom stereocenters. The summed E-state index contributed by atoms with van der Waals surface area (Å²) in [6.45, 7) is 4.31. The van der Waals surface area contributed by atoms with E-state index in [4.69, 9.17) is 0 Å². The van der Waals surface area contributed by atoms with Crippen LogP contribution < -0.4 is 10.9 Å². The summed E-state index contributed by atoms with van der Waals surface area (Å²) in [5.41, 5.74) is -0.184. The van der Waals surface area contributed by atoms with Crippen LogP contribution in [0.1, 0.15) is 6.42 Å². The Morgan fingerprint density at radius 1 is 1.77 bits per heavy atom. The van der Waals surface area contributed by atoms with Gasteiger partial charge in [0.05, 0.1) is 6.33 Å². The maximum Gasteiger partial charge on any atom is 0.267 e. The molecule has 0 spiro atoms. The third-order valence-electron chi connectivity index (χ3n) is 1.44. The lowest BCUT2D eigenvalue weighted by Gasteiger charge is -2.03. The highest BCUT2D eigenvalue weighted by Crippen LogP contribution is 2.12. The number of nitrogens with one attached hydrogen (secondary N) is 2. The highest BCUT2D eigenvalue weighted by molar-refractivity contribution is 9.10. The number of hydrogen-bond donors (Lipinski definition) is 2. The van der Waals surface area contributed by atoms with E-state index in [0.717, 1.165) is 13.0 Å². The van der Waals surface area contributed by atoms with Gasteiger partial charge in [0.1, 0.15) is 10.3 Å². The van der Waals surface area contributed by atoms with Crippen LogP contribution in [0.2, 0.25) is 0 Å². The predicted octanol–water partition coefficient (Wildman–Crippen LogP) is 1.52. The molecule has 0 saturated heterocycles. The van der Waals surface area contributed by atoms with Gasteiger partial charge in [0.2, 0.25) is 0 Å². The first kappa shape index (κ1) is 9.98. The zero-order chi connectivity index (χ0) is 9.68. The van der Waals surface area contributed by atoms with Crippen LogP contribution in [0.15, 0.2) is 28.2 Å². The SMILES string of the molecule is C=CCCNc1nc[nH]c(=O)c1Br. The van der Waals surface area contributed by atoms with Crippen LogP contribution in [-0.2, 0) is 0 Å². The van der Waals surface area contributed by atoms with Crippen molar-refractivity contribution in [1.82, 2.24) is 9.97 Å². The van der Waals surface area contributed by atoms with Gasteiger partial charge in [0.25, 0.3) is 5.56 Å². The molecule has 0 aliphatic rings. The molecule has 0 bridgehead atoms. The van der Waals surface area contributed by atoms with Gasteiger partial charge in [-0.3, -0.25) is 4.79 Å². The summed E-state index contributed by atoms with van der Waals surface area (Å²) in [5.74, 6) is 0.561. The lowest BCUT2D eigenvalue weighted by atomic mass is 10.4. The second-order valence-electron chi connectivity index (χ2n) is 2.40. The Labute approximate surface area is 84.2 Å². The summed E-state index contributed by atoms with van der Waals surface area (Å²) in [5, 5.41) is 3.01. The van der Waals surface area contributed by atoms with E-state index in [1.165, 1.54) is 6.33 Å². The van der Waals surface area contributed by atoms with Gasteiger partial charge in [-0.15, -0.1) is 6.58 Å². The van der Waals surface area contributed by atoms with Crippen molar-refractivity contribution < 1.29 is 0 Å². The third-order valence-corrected chi connectivity index (χ3v) is 2.17. The lowest BCUT2D eigenvalue weighted by Crippen LogP contribution is -2.12. The normalized spacial score (nSPS) is 9.62. The first-order valence-electron chi connectivity index (χ1n) is 3.83. The topological polar surface area (TPSA) is 57.8 Å². The second kappa shape index (κ2) is 4.81. The molecule has 0 aromatic carbocycles. The van der Waals surface area contributed by atoms with Crippen molar-refractivity contribution in [2.45, 2.75) is 6.42 Å². The minimum atomic E-state index is -0.184. The molecule has 0 aliphatic carbocycles. The van der Waals surface area contributed by atoms with Crippen LogP contribution in [-0.4, -0.2) is 16.5 Å². The van der Waals surface area contributed by atoms with Crippen molar-refractivity contribution in [2.75, 3.05) is 11.9 Å². The van der Waals surface area contributed by atoms with E-state index in [0.29, 0.717) is 10.3 Å². The van der Waals surface area contributed by atoms with Crippen LogP contribution in [0.25, 0.3) is 0 Å². The summed E-state index contributed by atoms with van der Waals surface area (Å²) in [6.07, 6.45) is 4.00. The van der Waals surface area contributed by atoms with Crippen molar-refractivity contribution in [3.05, 3.63) is 33.8 Å². The number of aromatic amines is 1. The van der Waals surface area contributed by atoms with Crippen molar-refractivity contribution in [3.8, 4) is 0 Å². The lowest BCUT2D eigenvalue weighted by molar-refractivity contribution is 1.02. The number of H-pyrrole nitrogens is 1. The van der Waals surface area contributed by atoms with Gasteiger partial charge in [-0.05, 0) is 22.4 Å². The Kier molecular flexibility index (Phi) is 3.70. The van der Waals surface area contributed by atoms with Crippen LogP contribution in [0.3, 0.4) is 0 Å². The Balaban J connectivity index is 2.71. The molecule has 0 saturated carbocycles. The quantitative estimate of drug-likeness (QED) is 0.623. The number of aromatic nitrogens is 2. The average molecular weight is 244 g/mol. The number of halogens is 1. The fourth-order valence-corrected chi connectivity index (χ4v) is 1.16. The summed E-state index contributed by atoms with van der Waals surface area (Å²) in [6, 6.07) is 0. The zero-order valence-electron chi connectivity index (χ0n) is 7.01. The fraction of sp³-hybridized carbons (Fsp3) is 0.250. The largest absolute Gasteiger partial charge is 0.369 e. The maximum absolute atomic E-state index is 11.1. The van der Waals surface area contributed by atoms with E-state index >= 15 is 0 Å². The molecule has 1 aromatic heterocycles. The molecule has 1 rings (SSSR count). The van der Waals surface area contributed by atoms with Crippen LogP contribution in [0.4, 0.5) is 5.82 Å². The van der Waals surface area contributed by atoms with Gasteiger partial charge in [-0.1, -0.05) is 6.08 Å². The van der Waals surface area contributed by atoms with Crippen LogP contribution in [0.5, 0.6) is 0 Å². The molecule has 2 N–H and O–H groups in total. The first-order chi connectivity index (χ1) is 6.25. The molecule has 1 heterocycles. The van der Waals surface area contributed by atoms with E-state index in [1.807, 2.05) is 0 Å². The Bertz CT molecular complexity index is 347. The van der Waals surface area contributed by atoms with E-state index in [-0.39, 0.29) is 5.56 Å². The van der Waals surface area contributed by atoms with Crippen LogP contribution in [0, 0.1) is 0 Å². The monoisotopic (exact) mass is 243 g/mol. The van der Waals surface area contributed by atoms with Crippen molar-refractivity contribution in [2.24, 2.45) is 0 Å². The highest BCUT2D eigenvalue weighted by atomic mass is 79.9. The van der Waals surface area contributed by atoms with Crippen molar-refractivity contribution >= 4 is 21.7 Å². The van der Waals surface area contributed by atoms with Crippen molar-refractivity contribution in [3.63, 3.8) is 0 Å². The highest BCUT2D eigenvalue weighted by Gasteiger charge is 2.02. The molecule has 0 unspecified atom stereocenters. The van der Waals surface area contributed by atoms with E-state index in [9.17, 15) is 4.79 Å². The Morgan fingerprint density at radius 3 is 3.23 bits per heavy atom. The average Bonchev–Trinajstić information content (AvgIpc) is 2.13. The molecule has 4 nitrogen and oxygen atoms in total.